The second-order valence-electron chi connectivity index (χ2n) is 10.2. The average molecular weight is 543 g/mol. The zero-order valence-electron chi connectivity index (χ0n) is 22.7. The van der Waals surface area contributed by atoms with E-state index in [-0.39, 0.29) is 31.0 Å². The molecule has 0 radical (unpaired) electrons. The molecule has 9 heteroatoms. The molecule has 3 aromatic rings. The third-order valence-corrected chi connectivity index (χ3v) is 6.77. The molecule has 39 heavy (non-hydrogen) atoms. The molecule has 0 aliphatic carbocycles. The van der Waals surface area contributed by atoms with Crippen LogP contribution in [-0.4, -0.2) is 28.4 Å². The molecule has 0 saturated carbocycles. The van der Waals surface area contributed by atoms with Crippen molar-refractivity contribution in [3.05, 3.63) is 87.6 Å². The van der Waals surface area contributed by atoms with Crippen molar-refractivity contribution in [3.63, 3.8) is 0 Å². The van der Waals surface area contributed by atoms with Gasteiger partial charge in [0.2, 0.25) is 0 Å². The number of ether oxygens (including phenoxy) is 1. The summed E-state index contributed by atoms with van der Waals surface area (Å²) in [5, 5.41) is 0. The van der Waals surface area contributed by atoms with Crippen LogP contribution >= 0.6 is 0 Å². The molecule has 0 aliphatic heterocycles. The summed E-state index contributed by atoms with van der Waals surface area (Å²) in [6.07, 6.45) is -0.313. The molecule has 0 spiro atoms. The lowest BCUT2D eigenvalue weighted by Gasteiger charge is -2.24. The van der Waals surface area contributed by atoms with Crippen molar-refractivity contribution in [2.24, 2.45) is 5.92 Å². The van der Waals surface area contributed by atoms with Gasteiger partial charge in [-0.05, 0) is 60.6 Å². The number of carbonyl (C=O) groups is 2. The van der Waals surface area contributed by atoms with Gasteiger partial charge in [0, 0.05) is 42.6 Å². The molecule has 0 unspecified atom stereocenters. The Bertz CT molecular complexity index is 1380. The average Bonchev–Trinajstić information content (AvgIpc) is 2.86. The highest BCUT2D eigenvalue weighted by Crippen LogP contribution is 2.33. The number of hydrogen-bond donors (Lipinski definition) is 0. The molecule has 0 N–H and O–H groups in total. The lowest BCUT2D eigenvalue weighted by molar-refractivity contribution is -0.141. The Hall–Kier alpha value is -3.75. The van der Waals surface area contributed by atoms with Crippen LogP contribution in [0.5, 0.6) is 0 Å². The number of methoxy groups -OCH3 is 1. The van der Waals surface area contributed by atoms with E-state index in [1.54, 1.807) is 12.4 Å². The smallest absolute Gasteiger partial charge is 0.416 e. The van der Waals surface area contributed by atoms with Crippen LogP contribution < -0.4 is 5.56 Å². The van der Waals surface area contributed by atoms with Crippen LogP contribution in [0.3, 0.4) is 0 Å². The van der Waals surface area contributed by atoms with Crippen LogP contribution in [0, 0.1) is 19.8 Å². The molecule has 1 aromatic carbocycles. The standard InChI is InChI=1S/C30H33F3N2O4/c1-18(2)11-25(35-10-9-24(15-27(35)37)30(31,32)33)26(36)13-21(14-28(38)39-5)22-12-23(17-34-16-22)29-19(3)7-6-8-20(29)4/h6-10,12,15-18,21,25H,11,13-14H2,1-5H3/t21-,25+/m0/s1. The van der Waals surface area contributed by atoms with Gasteiger partial charge in [-0.2, -0.15) is 13.2 Å². The number of carbonyl (C=O) groups excluding carboxylic acids is 2. The van der Waals surface area contributed by atoms with Gasteiger partial charge >= 0.3 is 12.1 Å². The summed E-state index contributed by atoms with van der Waals surface area (Å²) < 4.78 is 45.3. The van der Waals surface area contributed by atoms with Crippen molar-refractivity contribution in [2.75, 3.05) is 7.11 Å². The first kappa shape index (κ1) is 29.8. The van der Waals surface area contributed by atoms with E-state index in [4.69, 9.17) is 4.74 Å². The van der Waals surface area contributed by atoms with E-state index in [0.29, 0.717) is 11.6 Å². The van der Waals surface area contributed by atoms with Crippen LogP contribution in [0.15, 0.2) is 59.8 Å². The summed E-state index contributed by atoms with van der Waals surface area (Å²) in [4.78, 5) is 43.1. The molecule has 3 rings (SSSR count). The van der Waals surface area contributed by atoms with Crippen molar-refractivity contribution < 1.29 is 27.5 Å². The number of esters is 1. The Balaban J connectivity index is 2.01. The lowest BCUT2D eigenvalue weighted by Crippen LogP contribution is -2.32. The Morgan fingerprint density at radius 1 is 1.03 bits per heavy atom. The minimum atomic E-state index is -4.67. The first-order valence-electron chi connectivity index (χ1n) is 12.7. The molecule has 208 valence electrons. The molecule has 2 heterocycles. The van der Waals surface area contributed by atoms with E-state index in [1.807, 2.05) is 52.0 Å². The van der Waals surface area contributed by atoms with Gasteiger partial charge in [-0.15, -0.1) is 0 Å². The monoisotopic (exact) mass is 542 g/mol. The molecular formula is C30H33F3N2O4. The van der Waals surface area contributed by atoms with Gasteiger partial charge in [-0.3, -0.25) is 19.4 Å². The number of alkyl halides is 3. The summed E-state index contributed by atoms with van der Waals surface area (Å²) >= 11 is 0. The van der Waals surface area contributed by atoms with Gasteiger partial charge in [0.1, 0.15) is 0 Å². The number of rotatable bonds is 10. The third-order valence-electron chi connectivity index (χ3n) is 6.77. The molecule has 2 atom stereocenters. The van der Waals surface area contributed by atoms with E-state index < -0.39 is 35.2 Å². The third kappa shape index (κ3) is 7.43. The lowest BCUT2D eigenvalue weighted by atomic mass is 9.86. The predicted molar refractivity (Wildman–Crippen MR) is 142 cm³/mol. The zero-order valence-corrected chi connectivity index (χ0v) is 22.7. The molecule has 0 amide bonds. The van der Waals surface area contributed by atoms with Gasteiger partial charge < -0.3 is 9.30 Å². The number of benzene rings is 1. The van der Waals surface area contributed by atoms with E-state index in [0.717, 1.165) is 39.1 Å². The summed E-state index contributed by atoms with van der Waals surface area (Å²) in [5.41, 5.74) is 2.61. The molecule has 0 bridgehead atoms. The normalized spacial score (nSPS) is 13.3. The summed E-state index contributed by atoms with van der Waals surface area (Å²) in [5.74, 6) is -1.52. The van der Waals surface area contributed by atoms with E-state index in [1.165, 1.54) is 7.11 Å². The Morgan fingerprint density at radius 2 is 1.69 bits per heavy atom. The van der Waals surface area contributed by atoms with Gasteiger partial charge in [0.15, 0.2) is 5.78 Å². The number of pyridine rings is 2. The van der Waals surface area contributed by atoms with Crippen LogP contribution in [0.25, 0.3) is 11.1 Å². The Labute approximate surface area is 225 Å². The summed E-state index contributed by atoms with van der Waals surface area (Å²) in [7, 11) is 1.26. The van der Waals surface area contributed by atoms with Gasteiger partial charge in [0.25, 0.3) is 5.56 Å². The van der Waals surface area contributed by atoms with Crippen LogP contribution in [0.2, 0.25) is 0 Å². The maximum absolute atomic E-state index is 13.7. The number of nitrogens with zero attached hydrogens (tertiary/aromatic N) is 2. The summed E-state index contributed by atoms with van der Waals surface area (Å²) in [6.45, 7) is 7.70. The summed E-state index contributed by atoms with van der Waals surface area (Å²) in [6, 6.07) is 8.14. The molecular weight excluding hydrogens is 509 g/mol. The van der Waals surface area contributed by atoms with Crippen molar-refractivity contribution >= 4 is 11.8 Å². The minimum absolute atomic E-state index is 0.0266. The van der Waals surface area contributed by atoms with Gasteiger partial charge in [-0.1, -0.05) is 32.0 Å². The highest BCUT2D eigenvalue weighted by molar-refractivity contribution is 5.84. The van der Waals surface area contributed by atoms with Crippen LogP contribution in [-0.2, 0) is 20.5 Å². The zero-order chi connectivity index (χ0) is 28.9. The first-order chi connectivity index (χ1) is 18.3. The molecule has 2 aromatic heterocycles. The van der Waals surface area contributed by atoms with Crippen molar-refractivity contribution in [3.8, 4) is 11.1 Å². The van der Waals surface area contributed by atoms with Crippen LogP contribution in [0.4, 0.5) is 13.2 Å². The number of aryl methyl sites for hydroxylation is 2. The largest absolute Gasteiger partial charge is 0.469 e. The number of aromatic nitrogens is 2. The van der Waals surface area contributed by atoms with Crippen LogP contribution in [0.1, 0.15) is 67.3 Å². The Kier molecular flexibility index (Phi) is 9.48. The quantitative estimate of drug-likeness (QED) is 0.276. The SMILES string of the molecule is COC(=O)C[C@H](CC(=O)[C@@H](CC(C)C)n1ccc(C(F)(F)F)cc1=O)c1cncc(-c2c(C)cccc2C)c1. The maximum atomic E-state index is 13.7. The molecule has 0 fully saturated rings. The predicted octanol–water partition coefficient (Wildman–Crippen LogP) is 6.44. The Morgan fingerprint density at radius 3 is 2.26 bits per heavy atom. The van der Waals surface area contributed by atoms with Crippen molar-refractivity contribution in [2.45, 2.75) is 65.1 Å². The number of ketones is 1. The van der Waals surface area contributed by atoms with Crippen molar-refractivity contribution in [1.29, 1.82) is 0 Å². The fourth-order valence-electron chi connectivity index (χ4n) is 4.83. The van der Waals surface area contributed by atoms with Crippen molar-refractivity contribution in [1.82, 2.24) is 9.55 Å². The fourth-order valence-corrected chi connectivity index (χ4v) is 4.83. The number of halogens is 3. The van der Waals surface area contributed by atoms with E-state index >= 15 is 0 Å². The fraction of sp³-hybridized carbons (Fsp3) is 0.400. The second kappa shape index (κ2) is 12.4. The van der Waals surface area contributed by atoms with Gasteiger partial charge in [-0.25, -0.2) is 0 Å². The highest BCUT2D eigenvalue weighted by Gasteiger charge is 2.33. The molecule has 0 aliphatic rings. The van der Waals surface area contributed by atoms with E-state index in [9.17, 15) is 27.6 Å². The number of hydrogen-bond acceptors (Lipinski definition) is 5. The highest BCUT2D eigenvalue weighted by atomic mass is 19.4. The minimum Gasteiger partial charge on any atom is -0.469 e. The number of Topliss-reactive ketones (excluding diaryl/α,β-unsaturated/α-hetero) is 1. The molecule has 0 saturated heterocycles. The second-order valence-corrected chi connectivity index (χ2v) is 10.2. The molecule has 6 nitrogen and oxygen atoms in total. The maximum Gasteiger partial charge on any atom is 0.416 e. The van der Waals surface area contributed by atoms with Gasteiger partial charge in [0.05, 0.1) is 25.1 Å². The van der Waals surface area contributed by atoms with E-state index in [2.05, 4.69) is 4.98 Å². The topological polar surface area (TPSA) is 78.3 Å². The first-order valence-corrected chi connectivity index (χ1v) is 12.7.